The SMILES string of the molecule is O=Cc1cc(OC2CC2)cnc1C=O. The van der Waals surface area contributed by atoms with Gasteiger partial charge in [0, 0.05) is 5.56 Å². The molecule has 1 saturated carbocycles. The van der Waals surface area contributed by atoms with Gasteiger partial charge in [-0.3, -0.25) is 9.59 Å². The van der Waals surface area contributed by atoms with Gasteiger partial charge in [0.25, 0.3) is 0 Å². The zero-order chi connectivity index (χ0) is 9.97. The van der Waals surface area contributed by atoms with Crippen LogP contribution in [0.1, 0.15) is 33.7 Å². The van der Waals surface area contributed by atoms with Gasteiger partial charge in [-0.15, -0.1) is 0 Å². The molecule has 0 amide bonds. The van der Waals surface area contributed by atoms with E-state index in [1.807, 2.05) is 0 Å². The predicted molar refractivity (Wildman–Crippen MR) is 48.7 cm³/mol. The minimum absolute atomic E-state index is 0.156. The molecule has 0 saturated heterocycles. The molecule has 1 aromatic rings. The van der Waals surface area contributed by atoms with Crippen molar-refractivity contribution in [3.63, 3.8) is 0 Å². The number of hydrogen-bond donors (Lipinski definition) is 0. The number of hydrogen-bond acceptors (Lipinski definition) is 4. The summed E-state index contributed by atoms with van der Waals surface area (Å²) in [5.41, 5.74) is 0.432. The second-order valence-corrected chi connectivity index (χ2v) is 3.20. The van der Waals surface area contributed by atoms with Gasteiger partial charge in [0.05, 0.1) is 12.3 Å². The molecule has 1 heterocycles. The Balaban J connectivity index is 2.25. The number of carbonyl (C=O) groups is 2. The number of ether oxygens (including phenoxy) is 1. The summed E-state index contributed by atoms with van der Waals surface area (Å²) in [6.07, 6.45) is 4.99. The van der Waals surface area contributed by atoms with Gasteiger partial charge in [-0.05, 0) is 18.9 Å². The number of aromatic nitrogens is 1. The molecule has 0 aliphatic heterocycles. The quantitative estimate of drug-likeness (QED) is 0.672. The van der Waals surface area contributed by atoms with Crippen LogP contribution in [-0.2, 0) is 0 Å². The van der Waals surface area contributed by atoms with Gasteiger partial charge in [-0.2, -0.15) is 0 Å². The molecule has 0 bridgehead atoms. The Morgan fingerprint density at radius 3 is 2.71 bits per heavy atom. The summed E-state index contributed by atoms with van der Waals surface area (Å²) in [6.45, 7) is 0. The Kier molecular flexibility index (Phi) is 2.26. The van der Waals surface area contributed by atoms with Crippen molar-refractivity contribution in [2.75, 3.05) is 0 Å². The highest BCUT2D eigenvalue weighted by atomic mass is 16.5. The van der Waals surface area contributed by atoms with E-state index >= 15 is 0 Å². The standard InChI is InChI=1S/C10H9NO3/c12-5-7-3-9(14-8-1-2-8)4-11-10(7)6-13/h3-6,8H,1-2H2. The molecule has 2 rings (SSSR count). The highest BCUT2D eigenvalue weighted by molar-refractivity contribution is 5.88. The largest absolute Gasteiger partial charge is 0.489 e. The first kappa shape index (κ1) is 8.87. The van der Waals surface area contributed by atoms with Gasteiger partial charge in [0.1, 0.15) is 11.4 Å². The average molecular weight is 191 g/mol. The maximum Gasteiger partial charge on any atom is 0.169 e. The lowest BCUT2D eigenvalue weighted by Gasteiger charge is -2.04. The summed E-state index contributed by atoms with van der Waals surface area (Å²) >= 11 is 0. The van der Waals surface area contributed by atoms with Gasteiger partial charge in [0.15, 0.2) is 12.6 Å². The fourth-order valence-electron chi connectivity index (χ4n) is 1.11. The van der Waals surface area contributed by atoms with Crippen molar-refractivity contribution >= 4 is 12.6 Å². The van der Waals surface area contributed by atoms with Crippen LogP contribution in [0.15, 0.2) is 12.3 Å². The van der Waals surface area contributed by atoms with Crippen LogP contribution < -0.4 is 4.74 Å². The molecule has 0 radical (unpaired) electrons. The van der Waals surface area contributed by atoms with Crippen molar-refractivity contribution in [2.45, 2.75) is 18.9 Å². The summed E-state index contributed by atoms with van der Waals surface area (Å²) in [7, 11) is 0. The maximum absolute atomic E-state index is 10.6. The number of pyridine rings is 1. The Morgan fingerprint density at radius 1 is 1.36 bits per heavy atom. The Hall–Kier alpha value is -1.71. The molecule has 72 valence electrons. The van der Waals surface area contributed by atoms with Crippen molar-refractivity contribution < 1.29 is 14.3 Å². The molecule has 0 unspecified atom stereocenters. The summed E-state index contributed by atoms with van der Waals surface area (Å²) in [6, 6.07) is 1.54. The van der Waals surface area contributed by atoms with E-state index in [2.05, 4.69) is 4.98 Å². The monoisotopic (exact) mass is 191 g/mol. The van der Waals surface area contributed by atoms with Gasteiger partial charge in [-0.25, -0.2) is 4.98 Å². The number of rotatable bonds is 4. The fraction of sp³-hybridized carbons (Fsp3) is 0.300. The van der Waals surface area contributed by atoms with E-state index in [4.69, 9.17) is 4.74 Å². The van der Waals surface area contributed by atoms with Crippen LogP contribution in [0.4, 0.5) is 0 Å². The van der Waals surface area contributed by atoms with Gasteiger partial charge in [-0.1, -0.05) is 0 Å². The molecular weight excluding hydrogens is 182 g/mol. The lowest BCUT2D eigenvalue weighted by molar-refractivity contribution is 0.109. The maximum atomic E-state index is 10.6. The van der Waals surface area contributed by atoms with Crippen molar-refractivity contribution in [3.8, 4) is 5.75 Å². The van der Waals surface area contributed by atoms with E-state index in [0.717, 1.165) is 12.8 Å². The van der Waals surface area contributed by atoms with Gasteiger partial charge >= 0.3 is 0 Å². The van der Waals surface area contributed by atoms with Crippen molar-refractivity contribution in [3.05, 3.63) is 23.5 Å². The molecule has 0 atom stereocenters. The third-order valence-corrected chi connectivity index (χ3v) is 1.99. The third kappa shape index (κ3) is 1.79. The van der Waals surface area contributed by atoms with Crippen LogP contribution in [0.2, 0.25) is 0 Å². The summed E-state index contributed by atoms with van der Waals surface area (Å²) in [5.74, 6) is 0.556. The van der Waals surface area contributed by atoms with Crippen LogP contribution >= 0.6 is 0 Å². The average Bonchev–Trinajstić information content (AvgIpc) is 3.01. The highest BCUT2D eigenvalue weighted by Crippen LogP contribution is 2.26. The number of aldehydes is 2. The van der Waals surface area contributed by atoms with Gasteiger partial charge < -0.3 is 4.74 Å². The molecule has 1 aliphatic rings. The molecular formula is C10H9NO3. The fourth-order valence-corrected chi connectivity index (χ4v) is 1.11. The predicted octanol–water partition coefficient (Wildman–Crippen LogP) is 1.25. The van der Waals surface area contributed by atoms with Crippen LogP contribution in [-0.4, -0.2) is 23.7 Å². The van der Waals surface area contributed by atoms with E-state index in [0.29, 0.717) is 18.3 Å². The minimum Gasteiger partial charge on any atom is -0.489 e. The van der Waals surface area contributed by atoms with Crippen molar-refractivity contribution in [1.82, 2.24) is 4.98 Å². The number of nitrogens with zero attached hydrogens (tertiary/aromatic N) is 1. The summed E-state index contributed by atoms with van der Waals surface area (Å²) < 4.78 is 5.43. The zero-order valence-corrected chi connectivity index (χ0v) is 7.47. The molecule has 4 nitrogen and oxygen atoms in total. The smallest absolute Gasteiger partial charge is 0.169 e. The topological polar surface area (TPSA) is 56.3 Å². The van der Waals surface area contributed by atoms with Crippen LogP contribution in [0.5, 0.6) is 5.75 Å². The highest BCUT2D eigenvalue weighted by Gasteiger charge is 2.23. The van der Waals surface area contributed by atoms with Crippen molar-refractivity contribution in [2.24, 2.45) is 0 Å². The minimum atomic E-state index is 0.156. The zero-order valence-electron chi connectivity index (χ0n) is 7.47. The molecule has 1 fully saturated rings. The van der Waals surface area contributed by atoms with Crippen LogP contribution in [0, 0.1) is 0 Å². The van der Waals surface area contributed by atoms with E-state index in [1.54, 1.807) is 6.07 Å². The van der Waals surface area contributed by atoms with Crippen LogP contribution in [0.3, 0.4) is 0 Å². The van der Waals surface area contributed by atoms with Gasteiger partial charge in [0.2, 0.25) is 0 Å². The molecule has 0 aromatic carbocycles. The lowest BCUT2D eigenvalue weighted by Crippen LogP contribution is -2.00. The Morgan fingerprint density at radius 2 is 2.14 bits per heavy atom. The first-order chi connectivity index (χ1) is 6.83. The second-order valence-electron chi connectivity index (χ2n) is 3.20. The molecule has 0 spiro atoms. The second kappa shape index (κ2) is 3.57. The normalized spacial score (nSPS) is 14.9. The lowest BCUT2D eigenvalue weighted by atomic mass is 10.2. The molecule has 14 heavy (non-hydrogen) atoms. The van der Waals surface area contributed by atoms with Crippen LogP contribution in [0.25, 0.3) is 0 Å². The Labute approximate surface area is 80.9 Å². The first-order valence-electron chi connectivity index (χ1n) is 4.40. The van der Waals surface area contributed by atoms with E-state index in [-0.39, 0.29) is 17.4 Å². The first-order valence-corrected chi connectivity index (χ1v) is 4.40. The third-order valence-electron chi connectivity index (χ3n) is 1.99. The summed E-state index contributed by atoms with van der Waals surface area (Å²) in [4.78, 5) is 24.9. The number of carbonyl (C=O) groups excluding carboxylic acids is 2. The van der Waals surface area contributed by atoms with Crippen molar-refractivity contribution in [1.29, 1.82) is 0 Å². The molecule has 0 N–H and O–H groups in total. The molecule has 1 aromatic heterocycles. The molecule has 1 aliphatic carbocycles. The van der Waals surface area contributed by atoms with E-state index < -0.39 is 0 Å². The van der Waals surface area contributed by atoms with E-state index in [1.165, 1.54) is 6.20 Å². The Bertz CT molecular complexity index is 372. The summed E-state index contributed by atoms with van der Waals surface area (Å²) in [5, 5.41) is 0. The van der Waals surface area contributed by atoms with E-state index in [9.17, 15) is 9.59 Å². The molecule has 4 heteroatoms.